The van der Waals surface area contributed by atoms with Crippen molar-refractivity contribution in [1.82, 2.24) is 4.98 Å². The summed E-state index contributed by atoms with van der Waals surface area (Å²) < 4.78 is 15.9. The summed E-state index contributed by atoms with van der Waals surface area (Å²) in [5.74, 6) is 1.87. The molecule has 0 saturated heterocycles. The van der Waals surface area contributed by atoms with Crippen molar-refractivity contribution in [2.24, 2.45) is 0 Å². The predicted octanol–water partition coefficient (Wildman–Crippen LogP) is 3.60. The van der Waals surface area contributed by atoms with Crippen LogP contribution >= 0.6 is 0 Å². The van der Waals surface area contributed by atoms with E-state index in [9.17, 15) is 4.79 Å². The van der Waals surface area contributed by atoms with Gasteiger partial charge in [-0.2, -0.15) is 0 Å². The van der Waals surface area contributed by atoms with Crippen LogP contribution < -0.4 is 24.4 Å². The highest BCUT2D eigenvalue weighted by atomic mass is 16.5. The van der Waals surface area contributed by atoms with E-state index >= 15 is 0 Å². The smallest absolute Gasteiger partial charge is 0.255 e. The first-order valence-electron chi connectivity index (χ1n) is 8.82. The topological polar surface area (TPSA) is 72.9 Å². The average Bonchev–Trinajstić information content (AvgIpc) is 2.71. The van der Waals surface area contributed by atoms with Crippen molar-refractivity contribution in [3.8, 4) is 17.2 Å². The maximum atomic E-state index is 12.6. The summed E-state index contributed by atoms with van der Waals surface area (Å²) in [4.78, 5) is 19.1. The number of aromatic nitrogens is 1. The maximum absolute atomic E-state index is 12.6. The van der Waals surface area contributed by atoms with Crippen LogP contribution in [-0.4, -0.2) is 45.8 Å². The van der Waals surface area contributed by atoms with E-state index in [1.54, 1.807) is 18.3 Å². The first-order valence-corrected chi connectivity index (χ1v) is 8.82. The van der Waals surface area contributed by atoms with Gasteiger partial charge in [-0.05, 0) is 30.7 Å². The van der Waals surface area contributed by atoms with Crippen LogP contribution in [0.5, 0.6) is 17.2 Å². The molecule has 1 amide bonds. The number of benzene rings is 1. The number of hydrogen-bond acceptors (Lipinski definition) is 6. The van der Waals surface area contributed by atoms with Gasteiger partial charge in [-0.25, -0.2) is 4.98 Å². The average molecular weight is 373 g/mol. The van der Waals surface area contributed by atoms with Crippen LogP contribution in [0.1, 0.15) is 30.1 Å². The van der Waals surface area contributed by atoms with E-state index in [4.69, 9.17) is 14.2 Å². The Morgan fingerprint density at radius 3 is 2.26 bits per heavy atom. The fourth-order valence-corrected chi connectivity index (χ4v) is 2.61. The third kappa shape index (κ3) is 5.03. The molecule has 1 N–H and O–H groups in total. The number of nitrogens with one attached hydrogen (secondary N) is 1. The summed E-state index contributed by atoms with van der Waals surface area (Å²) in [6.07, 6.45) is 3.89. The molecule has 1 aromatic heterocycles. The molecule has 1 heterocycles. The minimum Gasteiger partial charge on any atom is -0.493 e. The number of anilines is 2. The zero-order chi connectivity index (χ0) is 19.8. The van der Waals surface area contributed by atoms with Crippen molar-refractivity contribution in [3.05, 3.63) is 36.0 Å². The quantitative estimate of drug-likeness (QED) is 0.724. The molecule has 2 aromatic rings. The number of ether oxygens (including phenoxy) is 3. The van der Waals surface area contributed by atoms with Crippen LogP contribution in [0.3, 0.4) is 0 Å². The van der Waals surface area contributed by atoms with Gasteiger partial charge < -0.3 is 24.4 Å². The second-order valence-corrected chi connectivity index (χ2v) is 6.05. The van der Waals surface area contributed by atoms with E-state index in [2.05, 4.69) is 22.1 Å². The lowest BCUT2D eigenvalue weighted by Crippen LogP contribution is -2.19. The lowest BCUT2D eigenvalue weighted by Gasteiger charge is -2.18. The number of nitrogens with zero attached hydrogens (tertiary/aromatic N) is 2. The molecular weight excluding hydrogens is 346 g/mol. The molecule has 7 heteroatoms. The third-order valence-corrected chi connectivity index (χ3v) is 4.17. The van der Waals surface area contributed by atoms with Crippen molar-refractivity contribution in [1.29, 1.82) is 0 Å². The molecule has 0 saturated carbocycles. The molecule has 0 bridgehead atoms. The molecule has 27 heavy (non-hydrogen) atoms. The van der Waals surface area contributed by atoms with Crippen LogP contribution in [0.25, 0.3) is 0 Å². The molecule has 0 fully saturated rings. The fourth-order valence-electron chi connectivity index (χ4n) is 2.61. The molecule has 0 aliphatic rings. The van der Waals surface area contributed by atoms with Gasteiger partial charge in [0, 0.05) is 19.2 Å². The van der Waals surface area contributed by atoms with E-state index in [-0.39, 0.29) is 5.91 Å². The number of pyridine rings is 1. The molecule has 7 nitrogen and oxygen atoms in total. The molecule has 2 rings (SSSR count). The zero-order valence-corrected chi connectivity index (χ0v) is 16.5. The Balaban J connectivity index is 2.15. The number of carbonyl (C=O) groups excluding carboxylic acids is 1. The van der Waals surface area contributed by atoms with Gasteiger partial charge in [0.05, 0.1) is 33.2 Å². The monoisotopic (exact) mass is 373 g/mol. The molecule has 0 aliphatic carbocycles. The Morgan fingerprint density at radius 2 is 1.78 bits per heavy atom. The number of carbonyl (C=O) groups is 1. The van der Waals surface area contributed by atoms with Gasteiger partial charge in [0.1, 0.15) is 5.82 Å². The SMILES string of the molecule is CCCCN(C)c1ccc(NC(=O)c2cc(OC)c(OC)c(OC)c2)cn1. The van der Waals surface area contributed by atoms with Crippen LogP contribution in [0, 0.1) is 0 Å². The molecular formula is C20H27N3O4. The normalized spacial score (nSPS) is 10.3. The maximum Gasteiger partial charge on any atom is 0.255 e. The minimum atomic E-state index is -0.289. The standard InChI is InChI=1S/C20H27N3O4/c1-6-7-10-23(2)18-9-8-15(13-21-18)22-20(24)14-11-16(25-3)19(27-5)17(12-14)26-4/h8-9,11-13H,6-7,10H2,1-5H3,(H,22,24). The summed E-state index contributed by atoms with van der Waals surface area (Å²) in [7, 11) is 6.55. The Kier molecular flexibility index (Phi) is 7.28. The second kappa shape index (κ2) is 9.66. The van der Waals surface area contributed by atoms with Crippen molar-refractivity contribution in [3.63, 3.8) is 0 Å². The van der Waals surface area contributed by atoms with Gasteiger partial charge in [0.15, 0.2) is 11.5 Å². The lowest BCUT2D eigenvalue weighted by atomic mass is 10.1. The zero-order valence-electron chi connectivity index (χ0n) is 16.5. The van der Waals surface area contributed by atoms with Gasteiger partial charge in [-0.1, -0.05) is 13.3 Å². The number of amides is 1. The summed E-state index contributed by atoms with van der Waals surface area (Å²) in [5.41, 5.74) is 1.01. The van der Waals surface area contributed by atoms with Crippen LogP contribution in [0.2, 0.25) is 0 Å². The van der Waals surface area contributed by atoms with Crippen LogP contribution in [-0.2, 0) is 0 Å². The van der Waals surface area contributed by atoms with E-state index in [1.807, 2.05) is 19.2 Å². The van der Waals surface area contributed by atoms with Gasteiger partial charge in [0.25, 0.3) is 5.91 Å². The highest BCUT2D eigenvalue weighted by Gasteiger charge is 2.17. The molecule has 0 spiro atoms. The van der Waals surface area contributed by atoms with Crippen molar-refractivity contribution in [2.45, 2.75) is 19.8 Å². The Labute approximate surface area is 160 Å². The third-order valence-electron chi connectivity index (χ3n) is 4.17. The first kappa shape index (κ1) is 20.4. The number of rotatable bonds is 9. The van der Waals surface area contributed by atoms with Crippen molar-refractivity contribution in [2.75, 3.05) is 45.1 Å². The summed E-state index contributed by atoms with van der Waals surface area (Å²) in [6.45, 7) is 3.10. The van der Waals surface area contributed by atoms with Gasteiger partial charge >= 0.3 is 0 Å². The number of unbranched alkanes of at least 4 members (excludes halogenated alkanes) is 1. The molecule has 0 radical (unpaired) electrons. The second-order valence-electron chi connectivity index (χ2n) is 6.05. The largest absolute Gasteiger partial charge is 0.493 e. The molecule has 0 aliphatic heterocycles. The van der Waals surface area contributed by atoms with Gasteiger partial charge in [-0.3, -0.25) is 4.79 Å². The number of methoxy groups -OCH3 is 3. The van der Waals surface area contributed by atoms with Crippen molar-refractivity contribution >= 4 is 17.4 Å². The highest BCUT2D eigenvalue weighted by Crippen LogP contribution is 2.38. The van der Waals surface area contributed by atoms with Crippen molar-refractivity contribution < 1.29 is 19.0 Å². The fraction of sp³-hybridized carbons (Fsp3) is 0.400. The molecule has 1 aromatic carbocycles. The summed E-state index contributed by atoms with van der Waals surface area (Å²) >= 11 is 0. The van der Waals surface area contributed by atoms with E-state index in [0.717, 1.165) is 25.2 Å². The molecule has 0 atom stereocenters. The van der Waals surface area contributed by atoms with E-state index in [0.29, 0.717) is 28.5 Å². The lowest BCUT2D eigenvalue weighted by molar-refractivity contribution is 0.102. The number of hydrogen-bond donors (Lipinski definition) is 1. The highest BCUT2D eigenvalue weighted by molar-refractivity contribution is 6.05. The minimum absolute atomic E-state index is 0.289. The van der Waals surface area contributed by atoms with Gasteiger partial charge in [0.2, 0.25) is 5.75 Å². The van der Waals surface area contributed by atoms with Crippen LogP contribution in [0.15, 0.2) is 30.5 Å². The summed E-state index contributed by atoms with van der Waals surface area (Å²) in [5, 5.41) is 2.84. The van der Waals surface area contributed by atoms with Gasteiger partial charge in [-0.15, -0.1) is 0 Å². The predicted molar refractivity (Wildman–Crippen MR) is 106 cm³/mol. The summed E-state index contributed by atoms with van der Waals surface area (Å²) in [6, 6.07) is 6.94. The first-order chi connectivity index (χ1) is 13.0. The van der Waals surface area contributed by atoms with Crippen LogP contribution in [0.4, 0.5) is 11.5 Å². The molecule has 0 unspecified atom stereocenters. The Bertz CT molecular complexity index is 737. The molecule has 146 valence electrons. The van der Waals surface area contributed by atoms with E-state index in [1.165, 1.54) is 21.3 Å². The Morgan fingerprint density at radius 1 is 1.11 bits per heavy atom. The van der Waals surface area contributed by atoms with E-state index < -0.39 is 0 Å². The Hall–Kier alpha value is -2.96.